The van der Waals surface area contributed by atoms with Gasteiger partial charge in [0.15, 0.2) is 0 Å². The number of nitro groups is 1. The number of nitrogens with zero attached hydrogens (tertiary/aromatic N) is 3. The second kappa shape index (κ2) is 7.87. The van der Waals surface area contributed by atoms with Crippen molar-refractivity contribution in [1.29, 1.82) is 0 Å². The predicted molar refractivity (Wildman–Crippen MR) is 109 cm³/mol. The van der Waals surface area contributed by atoms with E-state index in [0.717, 1.165) is 30.5 Å². The van der Waals surface area contributed by atoms with Gasteiger partial charge >= 0.3 is 0 Å². The van der Waals surface area contributed by atoms with Crippen molar-refractivity contribution in [2.45, 2.75) is 38.8 Å². The summed E-state index contributed by atoms with van der Waals surface area (Å²) >= 11 is 0. The van der Waals surface area contributed by atoms with Crippen molar-refractivity contribution in [3.63, 3.8) is 0 Å². The standard InChI is InChI=1S/C22H22N4O3/c1-15-12-17(10-11-20(15)26(28)29)22(27)24-19-8-5-9-21-18(19)13-23-25(21)14-16-6-3-2-4-7-16/h2-4,6-7,10-13,19H,5,8-9,14H2,1H3,(H,24,27)/t19-/m1/s1. The van der Waals surface area contributed by atoms with Crippen LogP contribution >= 0.6 is 0 Å². The SMILES string of the molecule is Cc1cc(C(=O)N[C@@H]2CCCc3c2cnn3Cc2ccccc2)ccc1[N+](=O)[O-]. The van der Waals surface area contributed by atoms with Crippen LogP contribution in [0.2, 0.25) is 0 Å². The lowest BCUT2D eigenvalue weighted by Crippen LogP contribution is -2.31. The second-order valence-corrected chi connectivity index (χ2v) is 7.37. The minimum atomic E-state index is -0.439. The molecule has 2 aromatic carbocycles. The van der Waals surface area contributed by atoms with Gasteiger partial charge in [-0.25, -0.2) is 0 Å². The maximum atomic E-state index is 12.7. The number of aromatic nitrogens is 2. The molecule has 0 spiro atoms. The second-order valence-electron chi connectivity index (χ2n) is 7.37. The fourth-order valence-electron chi connectivity index (χ4n) is 3.90. The van der Waals surface area contributed by atoms with Crippen LogP contribution in [0.1, 0.15) is 51.6 Å². The number of hydrogen-bond acceptors (Lipinski definition) is 4. The Balaban J connectivity index is 1.52. The largest absolute Gasteiger partial charge is 0.345 e. The summed E-state index contributed by atoms with van der Waals surface area (Å²) in [6.45, 7) is 2.35. The number of carbonyl (C=O) groups excluding carboxylic acids is 1. The molecule has 0 radical (unpaired) electrons. The molecule has 4 rings (SSSR count). The Morgan fingerprint density at radius 2 is 2.07 bits per heavy atom. The van der Waals surface area contributed by atoms with Gasteiger partial charge < -0.3 is 5.32 Å². The van der Waals surface area contributed by atoms with E-state index in [1.54, 1.807) is 13.0 Å². The molecule has 0 saturated carbocycles. The highest BCUT2D eigenvalue weighted by atomic mass is 16.6. The number of hydrogen-bond donors (Lipinski definition) is 1. The lowest BCUT2D eigenvalue weighted by Gasteiger charge is -2.24. The van der Waals surface area contributed by atoms with E-state index in [2.05, 4.69) is 22.5 Å². The van der Waals surface area contributed by atoms with Crippen LogP contribution in [-0.4, -0.2) is 20.6 Å². The van der Waals surface area contributed by atoms with Crippen molar-refractivity contribution in [3.05, 3.63) is 92.8 Å². The van der Waals surface area contributed by atoms with Gasteiger partial charge in [-0.1, -0.05) is 30.3 Å². The van der Waals surface area contributed by atoms with Gasteiger partial charge in [-0.05, 0) is 43.9 Å². The number of nitro benzene ring substituents is 1. The van der Waals surface area contributed by atoms with Crippen LogP contribution in [0.4, 0.5) is 5.69 Å². The molecule has 1 aliphatic carbocycles. The number of benzene rings is 2. The molecular weight excluding hydrogens is 368 g/mol. The molecule has 148 valence electrons. The normalized spacial score (nSPS) is 15.6. The minimum Gasteiger partial charge on any atom is -0.345 e. The Morgan fingerprint density at radius 1 is 1.28 bits per heavy atom. The summed E-state index contributed by atoms with van der Waals surface area (Å²) in [6, 6.07) is 14.5. The maximum Gasteiger partial charge on any atom is 0.272 e. The zero-order chi connectivity index (χ0) is 20.4. The Morgan fingerprint density at radius 3 is 2.79 bits per heavy atom. The first-order valence-electron chi connectivity index (χ1n) is 9.67. The molecule has 7 nitrogen and oxygen atoms in total. The lowest BCUT2D eigenvalue weighted by atomic mass is 9.92. The van der Waals surface area contributed by atoms with Gasteiger partial charge in [0.25, 0.3) is 11.6 Å². The van der Waals surface area contributed by atoms with Crippen LogP contribution in [0.3, 0.4) is 0 Å². The van der Waals surface area contributed by atoms with Crippen LogP contribution in [0.25, 0.3) is 0 Å². The highest BCUT2D eigenvalue weighted by molar-refractivity contribution is 5.95. The molecule has 1 N–H and O–H groups in total. The quantitative estimate of drug-likeness (QED) is 0.527. The summed E-state index contributed by atoms with van der Waals surface area (Å²) in [6.07, 6.45) is 4.61. The third kappa shape index (κ3) is 3.89. The Hall–Kier alpha value is -3.48. The molecule has 0 fully saturated rings. The number of carbonyl (C=O) groups is 1. The molecule has 1 aliphatic rings. The third-order valence-corrected chi connectivity index (χ3v) is 5.40. The third-order valence-electron chi connectivity index (χ3n) is 5.40. The molecule has 3 aromatic rings. The summed E-state index contributed by atoms with van der Waals surface area (Å²) in [5.41, 5.74) is 4.32. The van der Waals surface area contributed by atoms with E-state index >= 15 is 0 Å². The Kier molecular flexibility index (Phi) is 5.12. The van der Waals surface area contributed by atoms with Crippen LogP contribution < -0.4 is 5.32 Å². The molecule has 1 amide bonds. The van der Waals surface area contributed by atoms with Crippen molar-refractivity contribution >= 4 is 11.6 Å². The molecule has 0 saturated heterocycles. The predicted octanol–water partition coefficient (Wildman–Crippen LogP) is 3.96. The molecule has 29 heavy (non-hydrogen) atoms. The van der Waals surface area contributed by atoms with Gasteiger partial charge in [-0.2, -0.15) is 5.10 Å². The lowest BCUT2D eigenvalue weighted by molar-refractivity contribution is -0.385. The molecular formula is C22H22N4O3. The summed E-state index contributed by atoms with van der Waals surface area (Å²) in [4.78, 5) is 23.3. The number of amides is 1. The zero-order valence-corrected chi connectivity index (χ0v) is 16.2. The van der Waals surface area contributed by atoms with Gasteiger partial charge in [-0.15, -0.1) is 0 Å². The van der Waals surface area contributed by atoms with E-state index in [0.29, 0.717) is 17.7 Å². The number of rotatable bonds is 5. The van der Waals surface area contributed by atoms with Crippen LogP contribution in [0.5, 0.6) is 0 Å². The first kappa shape index (κ1) is 18.9. The van der Waals surface area contributed by atoms with E-state index in [9.17, 15) is 14.9 Å². The summed E-state index contributed by atoms with van der Waals surface area (Å²) in [7, 11) is 0. The van der Waals surface area contributed by atoms with E-state index < -0.39 is 4.92 Å². The average molecular weight is 390 g/mol. The molecule has 0 bridgehead atoms. The first-order valence-corrected chi connectivity index (χ1v) is 9.67. The molecule has 1 aromatic heterocycles. The van der Waals surface area contributed by atoms with Crippen LogP contribution in [-0.2, 0) is 13.0 Å². The molecule has 1 heterocycles. The summed E-state index contributed by atoms with van der Waals surface area (Å²) in [5, 5.41) is 18.6. The monoisotopic (exact) mass is 390 g/mol. The number of nitrogens with one attached hydrogen (secondary N) is 1. The van der Waals surface area contributed by atoms with Crippen LogP contribution in [0.15, 0.2) is 54.7 Å². The van der Waals surface area contributed by atoms with E-state index in [1.165, 1.54) is 17.7 Å². The van der Waals surface area contributed by atoms with Gasteiger partial charge in [0.05, 0.1) is 23.7 Å². The van der Waals surface area contributed by atoms with Crippen LogP contribution in [0, 0.1) is 17.0 Å². The highest BCUT2D eigenvalue weighted by Gasteiger charge is 2.26. The van der Waals surface area contributed by atoms with Gasteiger partial charge in [-0.3, -0.25) is 19.6 Å². The Bertz CT molecular complexity index is 1060. The topological polar surface area (TPSA) is 90.1 Å². The Labute approximate surface area is 168 Å². The maximum absolute atomic E-state index is 12.7. The molecule has 1 atom stereocenters. The van der Waals surface area contributed by atoms with E-state index in [1.807, 2.05) is 29.1 Å². The number of aryl methyl sites for hydroxylation is 1. The van der Waals surface area contributed by atoms with Gasteiger partial charge in [0.2, 0.25) is 0 Å². The summed E-state index contributed by atoms with van der Waals surface area (Å²) in [5.74, 6) is -0.225. The number of fused-ring (bicyclic) bond motifs is 1. The fraction of sp³-hybridized carbons (Fsp3) is 0.273. The highest BCUT2D eigenvalue weighted by Crippen LogP contribution is 2.30. The molecule has 0 aliphatic heterocycles. The average Bonchev–Trinajstić information content (AvgIpc) is 3.12. The van der Waals surface area contributed by atoms with Crippen molar-refractivity contribution in [1.82, 2.24) is 15.1 Å². The van der Waals surface area contributed by atoms with Crippen molar-refractivity contribution in [3.8, 4) is 0 Å². The summed E-state index contributed by atoms with van der Waals surface area (Å²) < 4.78 is 2.01. The van der Waals surface area contributed by atoms with Gasteiger partial charge in [0, 0.05) is 28.5 Å². The minimum absolute atomic E-state index is 0.0173. The van der Waals surface area contributed by atoms with E-state index in [4.69, 9.17) is 0 Å². The van der Waals surface area contributed by atoms with Crippen molar-refractivity contribution in [2.75, 3.05) is 0 Å². The van der Waals surface area contributed by atoms with Crippen molar-refractivity contribution in [2.24, 2.45) is 0 Å². The zero-order valence-electron chi connectivity index (χ0n) is 16.2. The van der Waals surface area contributed by atoms with E-state index in [-0.39, 0.29) is 17.6 Å². The van der Waals surface area contributed by atoms with Crippen molar-refractivity contribution < 1.29 is 9.72 Å². The molecule has 7 heteroatoms. The fourth-order valence-corrected chi connectivity index (χ4v) is 3.90. The first-order chi connectivity index (χ1) is 14.0. The van der Waals surface area contributed by atoms with Gasteiger partial charge in [0.1, 0.15) is 0 Å². The smallest absolute Gasteiger partial charge is 0.272 e. The molecule has 0 unspecified atom stereocenters.